The summed E-state index contributed by atoms with van der Waals surface area (Å²) in [5, 5.41) is 7.97. The maximum atomic E-state index is 11.9. The van der Waals surface area contributed by atoms with Crippen molar-refractivity contribution in [1.29, 1.82) is 0 Å². The summed E-state index contributed by atoms with van der Waals surface area (Å²) in [4.78, 5) is 23.4. The van der Waals surface area contributed by atoms with Gasteiger partial charge in [-0.15, -0.1) is 6.58 Å². The molecule has 0 heterocycles. The normalized spacial score (nSPS) is 10.2. The first kappa shape index (κ1) is 17.4. The highest BCUT2D eigenvalue weighted by molar-refractivity contribution is 5.95. The minimum atomic E-state index is -0.530. The molecule has 0 aromatic heterocycles. The Morgan fingerprint density at radius 3 is 2.00 bits per heavy atom. The molecule has 0 spiro atoms. The number of carbonyl (C=O) groups excluding carboxylic acids is 2. The van der Waals surface area contributed by atoms with Gasteiger partial charge in [-0.25, -0.2) is 4.79 Å². The van der Waals surface area contributed by atoms with Gasteiger partial charge in [0.25, 0.3) is 0 Å². The second-order valence-corrected chi connectivity index (χ2v) is 5.18. The van der Waals surface area contributed by atoms with Crippen LogP contribution in [0.3, 0.4) is 0 Å². The van der Waals surface area contributed by atoms with E-state index < -0.39 is 11.9 Å². The van der Waals surface area contributed by atoms with E-state index in [1.165, 1.54) is 0 Å². The van der Waals surface area contributed by atoms with Crippen molar-refractivity contribution in [3.63, 3.8) is 0 Å². The molecule has 5 nitrogen and oxygen atoms in total. The number of carbonyl (C=O) groups is 2. The van der Waals surface area contributed by atoms with Gasteiger partial charge in [0.1, 0.15) is 0 Å². The second-order valence-electron chi connectivity index (χ2n) is 5.18. The summed E-state index contributed by atoms with van der Waals surface area (Å²) in [6.07, 6.45) is 1.54. The molecule has 0 saturated carbocycles. The number of amides is 3. The van der Waals surface area contributed by atoms with Gasteiger partial charge in [0.05, 0.1) is 12.6 Å². The summed E-state index contributed by atoms with van der Waals surface area (Å²) in [7, 11) is 0. The van der Waals surface area contributed by atoms with Gasteiger partial charge >= 0.3 is 6.03 Å². The number of hydrogen-bond donors (Lipinski definition) is 3. The quantitative estimate of drug-likeness (QED) is 0.685. The molecule has 2 rings (SSSR count). The zero-order chi connectivity index (χ0) is 17.2. The van der Waals surface area contributed by atoms with Crippen LogP contribution in [0.1, 0.15) is 17.2 Å². The molecule has 3 N–H and O–H groups in total. The Morgan fingerprint density at radius 1 is 0.958 bits per heavy atom. The Bertz CT molecular complexity index is 632. The third kappa shape index (κ3) is 5.37. The molecular formula is C19H21N3O2. The van der Waals surface area contributed by atoms with Crippen LogP contribution in [0.4, 0.5) is 4.79 Å². The summed E-state index contributed by atoms with van der Waals surface area (Å²) in [5.74, 6) is -0.395. The summed E-state index contributed by atoms with van der Waals surface area (Å²) >= 11 is 0. The lowest BCUT2D eigenvalue weighted by Crippen LogP contribution is -2.44. The van der Waals surface area contributed by atoms with Crippen LogP contribution < -0.4 is 16.0 Å². The van der Waals surface area contributed by atoms with Gasteiger partial charge < -0.3 is 5.32 Å². The Labute approximate surface area is 141 Å². The molecule has 2 aromatic carbocycles. The number of hydrogen-bond acceptors (Lipinski definition) is 3. The largest absolute Gasteiger partial charge is 0.334 e. The number of urea groups is 1. The molecule has 0 atom stereocenters. The van der Waals surface area contributed by atoms with Gasteiger partial charge in [0, 0.05) is 6.54 Å². The fourth-order valence-corrected chi connectivity index (χ4v) is 2.29. The van der Waals surface area contributed by atoms with Crippen molar-refractivity contribution in [2.75, 3.05) is 13.1 Å². The van der Waals surface area contributed by atoms with Crippen molar-refractivity contribution >= 4 is 11.9 Å². The Kier molecular flexibility index (Phi) is 6.73. The van der Waals surface area contributed by atoms with Crippen LogP contribution in [0.15, 0.2) is 73.3 Å². The van der Waals surface area contributed by atoms with E-state index in [0.29, 0.717) is 6.54 Å². The highest BCUT2D eigenvalue weighted by Gasteiger charge is 2.15. The topological polar surface area (TPSA) is 70.2 Å². The van der Waals surface area contributed by atoms with E-state index in [9.17, 15) is 9.59 Å². The Balaban J connectivity index is 2.00. The van der Waals surface area contributed by atoms with Crippen LogP contribution in [0.25, 0.3) is 0 Å². The number of imide groups is 1. The third-order valence-corrected chi connectivity index (χ3v) is 3.39. The lowest BCUT2D eigenvalue weighted by molar-refractivity contribution is -0.119. The van der Waals surface area contributed by atoms with Crippen LogP contribution in [-0.2, 0) is 4.79 Å². The lowest BCUT2D eigenvalue weighted by Gasteiger charge is -2.19. The molecular weight excluding hydrogens is 302 g/mol. The van der Waals surface area contributed by atoms with Gasteiger partial charge in [0.15, 0.2) is 0 Å². The van der Waals surface area contributed by atoms with Crippen LogP contribution in [0, 0.1) is 0 Å². The Hall–Kier alpha value is -2.92. The average Bonchev–Trinajstić information content (AvgIpc) is 2.62. The highest BCUT2D eigenvalue weighted by atomic mass is 16.2. The number of nitrogens with one attached hydrogen (secondary N) is 3. The molecule has 24 heavy (non-hydrogen) atoms. The minimum absolute atomic E-state index is 0.0238. The second kappa shape index (κ2) is 9.27. The molecule has 3 amide bonds. The van der Waals surface area contributed by atoms with Crippen molar-refractivity contribution in [2.45, 2.75) is 6.04 Å². The minimum Gasteiger partial charge on any atom is -0.334 e. The van der Waals surface area contributed by atoms with Crippen molar-refractivity contribution in [1.82, 2.24) is 16.0 Å². The molecule has 0 radical (unpaired) electrons. The Morgan fingerprint density at radius 2 is 1.50 bits per heavy atom. The van der Waals surface area contributed by atoms with E-state index in [1.54, 1.807) is 6.08 Å². The van der Waals surface area contributed by atoms with E-state index >= 15 is 0 Å². The van der Waals surface area contributed by atoms with Crippen molar-refractivity contribution in [3.05, 3.63) is 84.4 Å². The number of benzene rings is 2. The van der Waals surface area contributed by atoms with Gasteiger partial charge in [0.2, 0.25) is 5.91 Å². The van der Waals surface area contributed by atoms with Gasteiger partial charge in [-0.05, 0) is 11.1 Å². The van der Waals surface area contributed by atoms with Crippen LogP contribution >= 0.6 is 0 Å². The first-order valence-electron chi connectivity index (χ1n) is 7.72. The molecule has 0 aliphatic carbocycles. The van der Waals surface area contributed by atoms with E-state index in [1.807, 2.05) is 60.7 Å². The first-order chi connectivity index (χ1) is 11.7. The van der Waals surface area contributed by atoms with Gasteiger partial charge in [-0.2, -0.15) is 0 Å². The molecule has 0 fully saturated rings. The number of rotatable bonds is 7. The summed E-state index contributed by atoms with van der Waals surface area (Å²) in [6, 6.07) is 19.0. The molecule has 0 aliphatic heterocycles. The third-order valence-electron chi connectivity index (χ3n) is 3.39. The van der Waals surface area contributed by atoms with Crippen LogP contribution in [0.2, 0.25) is 0 Å². The first-order valence-corrected chi connectivity index (χ1v) is 7.72. The molecule has 2 aromatic rings. The molecule has 124 valence electrons. The smallest absolute Gasteiger partial charge is 0.321 e. The maximum Gasteiger partial charge on any atom is 0.321 e. The lowest BCUT2D eigenvalue weighted by atomic mass is 9.99. The zero-order valence-corrected chi connectivity index (χ0v) is 13.4. The van der Waals surface area contributed by atoms with Crippen molar-refractivity contribution in [2.24, 2.45) is 0 Å². The standard InChI is InChI=1S/C19H21N3O2/c1-2-13-20-19(24)22-17(23)14-21-18(15-9-5-3-6-10-15)16-11-7-4-8-12-16/h2-12,18,21H,1,13-14H2,(H2,20,22,23,24). The molecule has 0 aliphatic rings. The van der Waals surface area contributed by atoms with E-state index in [4.69, 9.17) is 0 Å². The zero-order valence-electron chi connectivity index (χ0n) is 13.4. The molecule has 5 heteroatoms. The van der Waals surface area contributed by atoms with Crippen LogP contribution in [-0.4, -0.2) is 25.0 Å². The molecule has 0 bridgehead atoms. The SMILES string of the molecule is C=CCNC(=O)NC(=O)CNC(c1ccccc1)c1ccccc1. The maximum absolute atomic E-state index is 11.9. The van der Waals surface area contributed by atoms with Crippen LogP contribution in [0.5, 0.6) is 0 Å². The van der Waals surface area contributed by atoms with Crippen molar-refractivity contribution < 1.29 is 9.59 Å². The summed E-state index contributed by atoms with van der Waals surface area (Å²) < 4.78 is 0. The monoisotopic (exact) mass is 323 g/mol. The molecule has 0 saturated heterocycles. The van der Waals surface area contributed by atoms with E-state index in [2.05, 4.69) is 22.5 Å². The average molecular weight is 323 g/mol. The highest BCUT2D eigenvalue weighted by Crippen LogP contribution is 2.21. The summed E-state index contributed by atoms with van der Waals surface area (Å²) in [5.41, 5.74) is 2.10. The van der Waals surface area contributed by atoms with E-state index in [0.717, 1.165) is 11.1 Å². The van der Waals surface area contributed by atoms with Gasteiger partial charge in [-0.3, -0.25) is 15.4 Å². The summed E-state index contributed by atoms with van der Waals surface area (Å²) in [6.45, 7) is 3.83. The molecule has 0 unspecified atom stereocenters. The van der Waals surface area contributed by atoms with E-state index in [-0.39, 0.29) is 12.6 Å². The fourth-order valence-electron chi connectivity index (χ4n) is 2.29. The fraction of sp³-hybridized carbons (Fsp3) is 0.158. The van der Waals surface area contributed by atoms with Crippen molar-refractivity contribution in [3.8, 4) is 0 Å². The predicted molar refractivity (Wildman–Crippen MR) is 94.5 cm³/mol. The predicted octanol–water partition coefficient (Wildman–Crippen LogP) is 2.38. The van der Waals surface area contributed by atoms with Gasteiger partial charge in [-0.1, -0.05) is 66.7 Å².